The van der Waals surface area contributed by atoms with E-state index in [9.17, 15) is 20.4 Å². The third kappa shape index (κ3) is 2.10. The van der Waals surface area contributed by atoms with Crippen LogP contribution in [0.15, 0.2) is 23.8 Å². The highest BCUT2D eigenvalue weighted by atomic mass is 19.1. The van der Waals surface area contributed by atoms with E-state index in [1.165, 1.54) is 0 Å². The molecule has 0 bridgehead atoms. The van der Waals surface area contributed by atoms with Gasteiger partial charge in [0, 0.05) is 29.8 Å². The number of alkyl halides is 2. The van der Waals surface area contributed by atoms with Gasteiger partial charge >= 0.3 is 0 Å². The summed E-state index contributed by atoms with van der Waals surface area (Å²) in [5, 5.41) is 42.3. The summed E-state index contributed by atoms with van der Waals surface area (Å²) in [4.78, 5) is 0. The van der Waals surface area contributed by atoms with Gasteiger partial charge in [0.1, 0.15) is 6.17 Å². The predicted molar refractivity (Wildman–Crippen MR) is 96.3 cm³/mol. The number of hydrogen-bond donors (Lipinski definition) is 4. The first-order valence-corrected chi connectivity index (χ1v) is 9.97. The van der Waals surface area contributed by atoms with E-state index in [2.05, 4.69) is 0 Å². The number of fused-ring (bicyclic) bond motifs is 5. The molecule has 0 aromatic rings. The molecule has 9 atom stereocenters. The molecular weight excluding hydrogens is 354 g/mol. The van der Waals surface area contributed by atoms with Crippen LogP contribution in [-0.2, 0) is 0 Å². The summed E-state index contributed by atoms with van der Waals surface area (Å²) >= 11 is 0. The quantitative estimate of drug-likeness (QED) is 0.551. The Morgan fingerprint density at radius 2 is 1.85 bits per heavy atom. The maximum atomic E-state index is 16.8. The summed E-state index contributed by atoms with van der Waals surface area (Å²) < 4.78 is 31.9. The highest BCUT2D eigenvalue weighted by Crippen LogP contribution is 2.70. The Balaban J connectivity index is 1.84. The molecule has 27 heavy (non-hydrogen) atoms. The average molecular weight is 384 g/mol. The highest BCUT2D eigenvalue weighted by molar-refractivity contribution is 5.40. The minimum absolute atomic E-state index is 0.0358. The second kappa shape index (κ2) is 5.85. The van der Waals surface area contributed by atoms with E-state index in [0.29, 0.717) is 12.0 Å². The topological polar surface area (TPSA) is 80.9 Å². The lowest BCUT2D eigenvalue weighted by atomic mass is 9.44. The Kier molecular flexibility index (Phi) is 4.22. The fourth-order valence-electron chi connectivity index (χ4n) is 7.07. The van der Waals surface area contributed by atoms with Crippen LogP contribution < -0.4 is 0 Å². The summed E-state index contributed by atoms with van der Waals surface area (Å²) in [6.45, 7) is 3.07. The van der Waals surface area contributed by atoms with Crippen molar-refractivity contribution < 1.29 is 29.2 Å². The van der Waals surface area contributed by atoms with E-state index in [-0.39, 0.29) is 32.3 Å². The summed E-state index contributed by atoms with van der Waals surface area (Å²) in [6.07, 6.45) is 1.92. The summed E-state index contributed by atoms with van der Waals surface area (Å²) in [6, 6.07) is 0. The van der Waals surface area contributed by atoms with Gasteiger partial charge in [0.05, 0.1) is 17.8 Å². The van der Waals surface area contributed by atoms with E-state index < -0.39 is 52.3 Å². The molecule has 3 unspecified atom stereocenters. The van der Waals surface area contributed by atoms with Crippen LogP contribution in [0, 0.1) is 22.7 Å². The van der Waals surface area contributed by atoms with E-state index in [4.69, 9.17) is 0 Å². The largest absolute Gasteiger partial charge is 0.396 e. The van der Waals surface area contributed by atoms with Crippen LogP contribution >= 0.6 is 0 Å². The number of halogens is 2. The van der Waals surface area contributed by atoms with Gasteiger partial charge in [0.2, 0.25) is 0 Å². The summed E-state index contributed by atoms with van der Waals surface area (Å²) in [7, 11) is 0. The molecule has 0 amide bonds. The van der Waals surface area contributed by atoms with E-state index in [0.717, 1.165) is 0 Å². The van der Waals surface area contributed by atoms with Gasteiger partial charge in [-0.25, -0.2) is 8.78 Å². The lowest BCUT2D eigenvalue weighted by molar-refractivity contribution is -0.230. The van der Waals surface area contributed by atoms with Crippen molar-refractivity contribution in [2.24, 2.45) is 22.7 Å². The monoisotopic (exact) mass is 384 g/mol. The maximum Gasteiger partial charge on any atom is 0.152 e. The third-order valence-electron chi connectivity index (χ3n) is 8.58. The van der Waals surface area contributed by atoms with Crippen LogP contribution in [0.2, 0.25) is 0 Å². The molecule has 4 aliphatic rings. The minimum Gasteiger partial charge on any atom is -0.396 e. The molecule has 0 heterocycles. The molecule has 0 spiro atoms. The van der Waals surface area contributed by atoms with Gasteiger partial charge in [-0.1, -0.05) is 25.2 Å². The Hall–Kier alpha value is -0.820. The van der Waals surface area contributed by atoms with Crippen molar-refractivity contribution in [3.05, 3.63) is 23.8 Å². The van der Waals surface area contributed by atoms with Gasteiger partial charge in [0.25, 0.3) is 0 Å². The number of allylic oxidation sites excluding steroid dienone is 4. The molecule has 6 heteroatoms. The molecule has 0 aromatic carbocycles. The second-order valence-electron chi connectivity index (χ2n) is 9.47. The van der Waals surface area contributed by atoms with E-state index >= 15 is 8.78 Å². The first-order chi connectivity index (χ1) is 12.6. The van der Waals surface area contributed by atoms with Crippen LogP contribution in [0.3, 0.4) is 0 Å². The Morgan fingerprint density at radius 3 is 2.52 bits per heavy atom. The van der Waals surface area contributed by atoms with Crippen molar-refractivity contribution in [1.82, 2.24) is 0 Å². The molecule has 4 nitrogen and oxygen atoms in total. The zero-order valence-corrected chi connectivity index (χ0v) is 15.9. The highest BCUT2D eigenvalue weighted by Gasteiger charge is 2.75. The summed E-state index contributed by atoms with van der Waals surface area (Å²) in [5.74, 6) is -1.31. The van der Waals surface area contributed by atoms with Gasteiger partial charge in [-0.15, -0.1) is 0 Å². The molecule has 0 radical (unpaired) electrons. The normalized spacial score (nSPS) is 56.9. The van der Waals surface area contributed by atoms with Crippen molar-refractivity contribution in [3.8, 4) is 0 Å². The van der Waals surface area contributed by atoms with Crippen molar-refractivity contribution in [1.29, 1.82) is 0 Å². The van der Waals surface area contributed by atoms with Crippen LogP contribution in [0.25, 0.3) is 0 Å². The van der Waals surface area contributed by atoms with E-state index in [1.54, 1.807) is 26.0 Å². The molecule has 3 saturated carbocycles. The third-order valence-corrected chi connectivity index (χ3v) is 8.58. The Labute approximate surface area is 158 Å². The van der Waals surface area contributed by atoms with Crippen molar-refractivity contribution in [2.45, 2.75) is 75.6 Å². The smallest absolute Gasteiger partial charge is 0.152 e. The van der Waals surface area contributed by atoms with Crippen LogP contribution in [0.4, 0.5) is 8.78 Å². The fraction of sp³-hybridized carbons (Fsp3) is 0.810. The fourth-order valence-corrected chi connectivity index (χ4v) is 7.07. The molecule has 0 saturated heterocycles. The molecule has 4 aliphatic carbocycles. The molecule has 4 rings (SSSR count). The Bertz CT molecular complexity index is 696. The van der Waals surface area contributed by atoms with Gasteiger partial charge < -0.3 is 20.4 Å². The second-order valence-corrected chi connectivity index (χ2v) is 9.47. The summed E-state index contributed by atoms with van der Waals surface area (Å²) in [5.41, 5.74) is -5.52. The lowest BCUT2D eigenvalue weighted by Crippen LogP contribution is -2.69. The maximum absolute atomic E-state index is 16.8. The number of aliphatic hydroxyl groups is 4. The molecule has 3 fully saturated rings. The predicted octanol–water partition coefficient (Wildman–Crippen LogP) is 2.21. The van der Waals surface area contributed by atoms with Crippen LogP contribution in [-0.4, -0.2) is 56.7 Å². The van der Waals surface area contributed by atoms with Crippen LogP contribution in [0.1, 0.15) is 46.0 Å². The molecule has 0 aliphatic heterocycles. The zero-order chi connectivity index (χ0) is 19.8. The Morgan fingerprint density at radius 1 is 1.15 bits per heavy atom. The number of hydrogen-bond acceptors (Lipinski definition) is 4. The number of aliphatic hydroxyl groups excluding tert-OH is 3. The lowest BCUT2D eigenvalue weighted by Gasteiger charge is -2.63. The number of rotatable bonds is 2. The van der Waals surface area contributed by atoms with Crippen LogP contribution in [0.5, 0.6) is 0 Å². The molecular formula is C21H30F2O4. The minimum atomic E-state index is -2.06. The van der Waals surface area contributed by atoms with Gasteiger partial charge in [0.15, 0.2) is 5.67 Å². The van der Waals surface area contributed by atoms with Gasteiger partial charge in [-0.05, 0) is 44.1 Å². The SMILES string of the molecule is C[C@]12C=CCC=C1C(F)C[C@H]1[C@@H]3CC(O)[C@](O)(CCO)[C@@]3(C)CC(O)[C@@]12F. The molecule has 0 aromatic heterocycles. The van der Waals surface area contributed by atoms with Crippen molar-refractivity contribution in [2.75, 3.05) is 6.61 Å². The van der Waals surface area contributed by atoms with Crippen molar-refractivity contribution in [3.63, 3.8) is 0 Å². The van der Waals surface area contributed by atoms with Gasteiger partial charge in [-0.3, -0.25) is 0 Å². The molecule has 4 N–H and O–H groups in total. The average Bonchev–Trinajstić information content (AvgIpc) is 2.79. The van der Waals surface area contributed by atoms with E-state index in [1.807, 2.05) is 6.08 Å². The van der Waals surface area contributed by atoms with Crippen molar-refractivity contribution >= 4 is 0 Å². The molecule has 152 valence electrons. The first-order valence-electron chi connectivity index (χ1n) is 9.97. The standard InChI is InChI=1S/C21H30F2O4/c1-18-6-4-3-5-12(18)15(22)9-14-13-10-16(25)20(27,7-8-24)19(13,2)11-17(26)21(14,18)23/h4-6,13-17,24-27H,3,7-11H2,1-2H3/t13-,14-,15?,16?,17?,18-,19-,20+,21-/m0/s1. The van der Waals surface area contributed by atoms with Gasteiger partial charge in [-0.2, -0.15) is 0 Å². The first kappa shape index (κ1) is 19.5. The zero-order valence-electron chi connectivity index (χ0n) is 15.9.